The first kappa shape index (κ1) is 13.5. The first-order chi connectivity index (χ1) is 8.79. The van der Waals surface area contributed by atoms with Crippen LogP contribution in [-0.4, -0.2) is 40.7 Å². The molecule has 1 aliphatic rings. The second kappa shape index (κ2) is 6.85. The molecule has 5 heteroatoms. The normalized spacial score (nSPS) is 21.3. The number of hydrogen-bond donors (Lipinski definition) is 1. The molecule has 0 aromatic carbocycles. The lowest BCUT2D eigenvalue weighted by Crippen LogP contribution is -2.45. The van der Waals surface area contributed by atoms with E-state index in [1.807, 2.05) is 6.92 Å². The molecule has 1 saturated heterocycles. The third-order valence-corrected chi connectivity index (χ3v) is 3.46. The number of aryl methyl sites for hydroxylation is 1. The largest absolute Gasteiger partial charge is 0.338 e. The molecule has 2 rings (SSSR count). The predicted molar refractivity (Wildman–Crippen MR) is 70.2 cm³/mol. The Labute approximate surface area is 109 Å². The number of nitrogens with zero attached hydrogens (tertiary/aromatic N) is 3. The molecule has 2 heterocycles. The summed E-state index contributed by atoms with van der Waals surface area (Å²) in [5, 5.41) is 7.37. The molecule has 1 aliphatic heterocycles. The summed E-state index contributed by atoms with van der Waals surface area (Å²) in [7, 11) is 0. The van der Waals surface area contributed by atoms with Gasteiger partial charge in [0, 0.05) is 12.6 Å². The predicted octanol–water partition coefficient (Wildman–Crippen LogP) is 1.73. The van der Waals surface area contributed by atoms with Gasteiger partial charge >= 0.3 is 0 Å². The van der Waals surface area contributed by atoms with Crippen LogP contribution in [0.25, 0.3) is 0 Å². The van der Waals surface area contributed by atoms with Crippen molar-refractivity contribution in [2.45, 2.75) is 52.1 Å². The van der Waals surface area contributed by atoms with Crippen LogP contribution in [-0.2, 0) is 6.54 Å². The molecule has 0 spiro atoms. The molecule has 0 bridgehead atoms. The zero-order chi connectivity index (χ0) is 12.8. The van der Waals surface area contributed by atoms with Gasteiger partial charge in [0.1, 0.15) is 0 Å². The Kier molecular flexibility index (Phi) is 5.13. The van der Waals surface area contributed by atoms with E-state index in [-0.39, 0.29) is 0 Å². The van der Waals surface area contributed by atoms with E-state index in [4.69, 9.17) is 4.52 Å². The molecule has 1 fully saturated rings. The highest BCUT2D eigenvalue weighted by atomic mass is 16.5. The maximum absolute atomic E-state index is 5.22. The molecular weight excluding hydrogens is 228 g/mol. The average molecular weight is 252 g/mol. The van der Waals surface area contributed by atoms with Crippen LogP contribution in [0.4, 0.5) is 0 Å². The summed E-state index contributed by atoms with van der Waals surface area (Å²) in [6.07, 6.45) is 5.06. The summed E-state index contributed by atoms with van der Waals surface area (Å²) in [5.41, 5.74) is 0. The van der Waals surface area contributed by atoms with E-state index in [0.717, 1.165) is 37.9 Å². The summed E-state index contributed by atoms with van der Waals surface area (Å²) < 4.78 is 5.22. The van der Waals surface area contributed by atoms with Crippen molar-refractivity contribution in [3.05, 3.63) is 11.7 Å². The molecule has 0 amide bonds. The van der Waals surface area contributed by atoms with Crippen LogP contribution >= 0.6 is 0 Å². The summed E-state index contributed by atoms with van der Waals surface area (Å²) in [4.78, 5) is 6.77. The van der Waals surface area contributed by atoms with Crippen LogP contribution in [0, 0.1) is 6.92 Å². The van der Waals surface area contributed by atoms with E-state index in [1.165, 1.54) is 25.7 Å². The van der Waals surface area contributed by atoms with E-state index in [2.05, 4.69) is 27.3 Å². The quantitative estimate of drug-likeness (QED) is 0.781. The highest BCUT2D eigenvalue weighted by molar-refractivity contribution is 4.86. The third-order valence-electron chi connectivity index (χ3n) is 3.46. The Morgan fingerprint density at radius 3 is 3.06 bits per heavy atom. The zero-order valence-electron chi connectivity index (χ0n) is 11.5. The lowest BCUT2D eigenvalue weighted by molar-refractivity contribution is 0.122. The van der Waals surface area contributed by atoms with Gasteiger partial charge in [0.2, 0.25) is 5.89 Å². The molecule has 5 nitrogen and oxygen atoms in total. The van der Waals surface area contributed by atoms with Gasteiger partial charge in [-0.2, -0.15) is 4.98 Å². The maximum Gasteiger partial charge on any atom is 0.240 e. The van der Waals surface area contributed by atoms with Crippen molar-refractivity contribution in [2.75, 3.05) is 19.6 Å². The Morgan fingerprint density at radius 2 is 2.33 bits per heavy atom. The molecule has 1 aromatic heterocycles. The Morgan fingerprint density at radius 1 is 1.44 bits per heavy atom. The topological polar surface area (TPSA) is 54.2 Å². The van der Waals surface area contributed by atoms with Gasteiger partial charge in [-0.25, -0.2) is 0 Å². The van der Waals surface area contributed by atoms with Gasteiger partial charge in [-0.3, -0.25) is 4.90 Å². The molecule has 1 unspecified atom stereocenters. The SMILES string of the molecule is CCCNCC1CCCCN1Cc1nc(C)no1. The van der Waals surface area contributed by atoms with Crippen molar-refractivity contribution in [1.82, 2.24) is 20.4 Å². The van der Waals surface area contributed by atoms with Gasteiger partial charge in [0.15, 0.2) is 5.82 Å². The van der Waals surface area contributed by atoms with Crippen LogP contribution < -0.4 is 5.32 Å². The fraction of sp³-hybridized carbons (Fsp3) is 0.846. The first-order valence-corrected chi connectivity index (χ1v) is 7.03. The van der Waals surface area contributed by atoms with Gasteiger partial charge in [0.05, 0.1) is 6.54 Å². The van der Waals surface area contributed by atoms with Crippen LogP contribution in [0.1, 0.15) is 44.3 Å². The fourth-order valence-electron chi connectivity index (χ4n) is 2.52. The number of nitrogens with one attached hydrogen (secondary N) is 1. The molecule has 102 valence electrons. The van der Waals surface area contributed by atoms with Crippen molar-refractivity contribution < 1.29 is 4.52 Å². The number of hydrogen-bond acceptors (Lipinski definition) is 5. The lowest BCUT2D eigenvalue weighted by Gasteiger charge is -2.34. The minimum atomic E-state index is 0.609. The summed E-state index contributed by atoms with van der Waals surface area (Å²) in [5.74, 6) is 1.47. The minimum absolute atomic E-state index is 0.609. The Balaban J connectivity index is 1.86. The minimum Gasteiger partial charge on any atom is -0.338 e. The van der Waals surface area contributed by atoms with E-state index >= 15 is 0 Å². The second-order valence-corrected chi connectivity index (χ2v) is 5.06. The molecule has 1 atom stereocenters. The summed E-state index contributed by atoms with van der Waals surface area (Å²) in [6.45, 7) is 8.17. The number of likely N-dealkylation sites (tertiary alicyclic amines) is 1. The molecule has 0 radical (unpaired) electrons. The highest BCUT2D eigenvalue weighted by Crippen LogP contribution is 2.18. The van der Waals surface area contributed by atoms with Gasteiger partial charge in [-0.1, -0.05) is 18.5 Å². The highest BCUT2D eigenvalue weighted by Gasteiger charge is 2.23. The van der Waals surface area contributed by atoms with E-state index < -0.39 is 0 Å². The van der Waals surface area contributed by atoms with Crippen molar-refractivity contribution in [2.24, 2.45) is 0 Å². The smallest absolute Gasteiger partial charge is 0.240 e. The second-order valence-electron chi connectivity index (χ2n) is 5.06. The van der Waals surface area contributed by atoms with Gasteiger partial charge in [-0.05, 0) is 39.3 Å². The van der Waals surface area contributed by atoms with Gasteiger partial charge in [0.25, 0.3) is 0 Å². The summed E-state index contributed by atoms with van der Waals surface area (Å²) >= 11 is 0. The lowest BCUT2D eigenvalue weighted by atomic mass is 10.0. The third kappa shape index (κ3) is 3.78. The van der Waals surface area contributed by atoms with Gasteiger partial charge in [-0.15, -0.1) is 0 Å². The molecule has 1 N–H and O–H groups in total. The van der Waals surface area contributed by atoms with E-state index in [0.29, 0.717) is 6.04 Å². The first-order valence-electron chi connectivity index (χ1n) is 7.03. The number of piperidine rings is 1. The van der Waals surface area contributed by atoms with E-state index in [1.54, 1.807) is 0 Å². The van der Waals surface area contributed by atoms with Crippen molar-refractivity contribution in [3.8, 4) is 0 Å². The fourth-order valence-corrected chi connectivity index (χ4v) is 2.52. The average Bonchev–Trinajstić information content (AvgIpc) is 2.77. The zero-order valence-corrected chi connectivity index (χ0v) is 11.5. The van der Waals surface area contributed by atoms with Crippen molar-refractivity contribution in [1.29, 1.82) is 0 Å². The molecule has 0 aliphatic carbocycles. The Bertz CT molecular complexity index is 353. The van der Waals surface area contributed by atoms with E-state index in [9.17, 15) is 0 Å². The summed E-state index contributed by atoms with van der Waals surface area (Å²) in [6, 6.07) is 0.609. The molecule has 18 heavy (non-hydrogen) atoms. The molecular formula is C13H24N4O. The number of aromatic nitrogens is 2. The molecule has 1 aromatic rings. The number of rotatable bonds is 6. The monoisotopic (exact) mass is 252 g/mol. The van der Waals surface area contributed by atoms with Crippen LogP contribution in [0.3, 0.4) is 0 Å². The maximum atomic E-state index is 5.22. The van der Waals surface area contributed by atoms with Gasteiger partial charge < -0.3 is 9.84 Å². The van der Waals surface area contributed by atoms with Crippen molar-refractivity contribution in [3.63, 3.8) is 0 Å². The standard InChI is InChI=1S/C13H24N4O/c1-3-7-14-9-12-6-4-5-8-17(12)10-13-15-11(2)16-18-13/h12,14H,3-10H2,1-2H3. The Hall–Kier alpha value is -0.940. The molecule has 0 saturated carbocycles. The van der Waals surface area contributed by atoms with Crippen LogP contribution in [0.2, 0.25) is 0 Å². The van der Waals surface area contributed by atoms with Crippen molar-refractivity contribution >= 4 is 0 Å². The van der Waals surface area contributed by atoms with Crippen LogP contribution in [0.15, 0.2) is 4.52 Å². The van der Waals surface area contributed by atoms with Crippen LogP contribution in [0.5, 0.6) is 0 Å².